The molecule has 0 spiro atoms. The van der Waals surface area contributed by atoms with Gasteiger partial charge in [-0.1, -0.05) is 17.7 Å². The fourth-order valence-electron chi connectivity index (χ4n) is 2.02. The van der Waals surface area contributed by atoms with E-state index in [1.165, 1.54) is 12.1 Å². The van der Waals surface area contributed by atoms with Crippen LogP contribution in [0.4, 0.5) is 13.2 Å². The van der Waals surface area contributed by atoms with Crippen molar-refractivity contribution < 1.29 is 37.7 Å². The van der Waals surface area contributed by atoms with Gasteiger partial charge in [0.2, 0.25) is 0 Å². The third-order valence-corrected chi connectivity index (χ3v) is 3.45. The monoisotopic (exact) mass is 386 g/mol. The van der Waals surface area contributed by atoms with Gasteiger partial charge in [-0.15, -0.1) is 0 Å². The largest absolute Gasteiger partial charge is 0.478 e. The molecule has 2 rings (SSSR count). The molecule has 2 N–H and O–H groups in total. The zero-order valence-corrected chi connectivity index (χ0v) is 13.5. The van der Waals surface area contributed by atoms with E-state index in [9.17, 15) is 27.9 Å². The number of aromatic carboxylic acids is 1. The van der Waals surface area contributed by atoms with Gasteiger partial charge in [-0.25, -0.2) is 9.59 Å². The third kappa shape index (κ3) is 4.76. The van der Waals surface area contributed by atoms with Crippen molar-refractivity contribution in [3.8, 4) is 11.5 Å². The number of halogens is 4. The van der Waals surface area contributed by atoms with E-state index >= 15 is 0 Å². The number of rotatable bonds is 5. The van der Waals surface area contributed by atoms with Crippen LogP contribution in [0.15, 0.2) is 42.5 Å². The van der Waals surface area contributed by atoms with Crippen molar-refractivity contribution in [2.24, 2.45) is 0 Å². The molecule has 0 aliphatic heterocycles. The summed E-state index contributed by atoms with van der Waals surface area (Å²) in [7, 11) is 0. The summed E-state index contributed by atoms with van der Waals surface area (Å²) in [5.41, 5.74) is -1.14. The second-order valence-corrected chi connectivity index (χ2v) is 5.37. The fraction of sp³-hybridized carbons (Fsp3) is 0.0588. The standard InChI is InChI=1S/C17H10ClF3O5/c18-14-8-11(4-5-13(14)17(19,20)21)26-10-3-1-9(2-6-15(22)23)12(7-10)16(24)25/h1-8H,(H,22,23)(H,24,25). The van der Waals surface area contributed by atoms with Gasteiger partial charge >= 0.3 is 18.1 Å². The number of carboxylic acids is 2. The summed E-state index contributed by atoms with van der Waals surface area (Å²) in [4.78, 5) is 21.8. The number of alkyl halides is 3. The Labute approximate surface area is 149 Å². The Morgan fingerprint density at radius 1 is 1.04 bits per heavy atom. The number of hydrogen-bond acceptors (Lipinski definition) is 3. The number of ether oxygens (including phenoxy) is 1. The number of carbonyl (C=O) groups is 2. The van der Waals surface area contributed by atoms with Gasteiger partial charge in [0.05, 0.1) is 16.1 Å². The molecule has 0 aliphatic rings. The van der Waals surface area contributed by atoms with E-state index in [1.54, 1.807) is 0 Å². The van der Waals surface area contributed by atoms with Crippen molar-refractivity contribution in [3.63, 3.8) is 0 Å². The van der Waals surface area contributed by atoms with Crippen LogP contribution in [-0.4, -0.2) is 22.2 Å². The molecular formula is C17H10ClF3O5. The van der Waals surface area contributed by atoms with Crippen LogP contribution >= 0.6 is 11.6 Å². The molecule has 2 aromatic carbocycles. The van der Waals surface area contributed by atoms with Crippen molar-refractivity contribution in [2.75, 3.05) is 0 Å². The van der Waals surface area contributed by atoms with Gasteiger partial charge in [0.25, 0.3) is 0 Å². The number of aliphatic carboxylic acids is 1. The normalized spacial score (nSPS) is 11.5. The molecular weight excluding hydrogens is 377 g/mol. The van der Waals surface area contributed by atoms with Gasteiger partial charge < -0.3 is 14.9 Å². The molecule has 0 aromatic heterocycles. The molecule has 2 aromatic rings. The van der Waals surface area contributed by atoms with E-state index in [0.717, 1.165) is 36.4 Å². The number of hydrogen-bond donors (Lipinski definition) is 2. The zero-order valence-electron chi connectivity index (χ0n) is 12.7. The summed E-state index contributed by atoms with van der Waals surface area (Å²) in [6.45, 7) is 0. The summed E-state index contributed by atoms with van der Waals surface area (Å²) in [5, 5.41) is 17.3. The SMILES string of the molecule is O=C(O)C=Cc1ccc(Oc2ccc(C(F)(F)F)c(Cl)c2)cc1C(=O)O. The van der Waals surface area contributed by atoms with E-state index in [2.05, 4.69) is 0 Å². The first-order valence-electron chi connectivity index (χ1n) is 6.91. The van der Waals surface area contributed by atoms with Crippen molar-refractivity contribution in [1.29, 1.82) is 0 Å². The number of benzene rings is 2. The lowest BCUT2D eigenvalue weighted by Crippen LogP contribution is -2.05. The molecule has 0 saturated carbocycles. The Morgan fingerprint density at radius 2 is 1.65 bits per heavy atom. The molecule has 0 atom stereocenters. The van der Waals surface area contributed by atoms with Crippen LogP contribution in [0, 0.1) is 0 Å². The lowest BCUT2D eigenvalue weighted by atomic mass is 10.1. The van der Waals surface area contributed by atoms with Gasteiger partial charge in [0.1, 0.15) is 11.5 Å². The second kappa shape index (κ2) is 7.49. The Morgan fingerprint density at radius 3 is 2.19 bits per heavy atom. The first-order valence-corrected chi connectivity index (χ1v) is 7.28. The average Bonchev–Trinajstić information content (AvgIpc) is 2.52. The van der Waals surface area contributed by atoms with Gasteiger partial charge in [0.15, 0.2) is 0 Å². The summed E-state index contributed by atoms with van der Waals surface area (Å²) >= 11 is 5.60. The minimum absolute atomic E-state index is 0.0202. The minimum atomic E-state index is -4.61. The van der Waals surface area contributed by atoms with Crippen LogP contribution in [0.25, 0.3) is 6.08 Å². The lowest BCUT2D eigenvalue weighted by Gasteiger charge is -2.12. The predicted octanol–water partition coefficient (Wildman–Crippen LogP) is 4.95. The maximum absolute atomic E-state index is 12.7. The highest BCUT2D eigenvalue weighted by Crippen LogP contribution is 2.37. The third-order valence-electron chi connectivity index (χ3n) is 3.14. The molecule has 136 valence electrons. The van der Waals surface area contributed by atoms with E-state index in [1.807, 2.05) is 0 Å². The Balaban J connectivity index is 2.33. The highest BCUT2D eigenvalue weighted by molar-refractivity contribution is 6.31. The van der Waals surface area contributed by atoms with Crippen LogP contribution < -0.4 is 4.74 Å². The molecule has 5 nitrogen and oxygen atoms in total. The predicted molar refractivity (Wildman–Crippen MR) is 86.6 cm³/mol. The molecule has 0 fully saturated rings. The van der Waals surface area contributed by atoms with Gasteiger partial charge in [-0.3, -0.25) is 0 Å². The highest BCUT2D eigenvalue weighted by Gasteiger charge is 2.33. The summed E-state index contributed by atoms with van der Waals surface area (Å²) < 4.78 is 43.4. The van der Waals surface area contributed by atoms with Crippen molar-refractivity contribution in [3.05, 3.63) is 64.2 Å². The topological polar surface area (TPSA) is 83.8 Å². The molecule has 9 heteroatoms. The van der Waals surface area contributed by atoms with Crippen LogP contribution in [0.1, 0.15) is 21.5 Å². The van der Waals surface area contributed by atoms with E-state index in [0.29, 0.717) is 0 Å². The van der Waals surface area contributed by atoms with E-state index in [4.69, 9.17) is 21.4 Å². The van der Waals surface area contributed by atoms with Crippen molar-refractivity contribution in [1.82, 2.24) is 0 Å². The Kier molecular flexibility index (Phi) is 5.56. The van der Waals surface area contributed by atoms with Gasteiger partial charge in [-0.05, 0) is 35.9 Å². The smallest absolute Gasteiger partial charge is 0.417 e. The van der Waals surface area contributed by atoms with Crippen LogP contribution in [-0.2, 0) is 11.0 Å². The first kappa shape index (κ1) is 19.3. The molecule has 0 saturated heterocycles. The minimum Gasteiger partial charge on any atom is -0.478 e. The van der Waals surface area contributed by atoms with Crippen molar-refractivity contribution >= 4 is 29.6 Å². The second-order valence-electron chi connectivity index (χ2n) is 4.97. The molecule has 26 heavy (non-hydrogen) atoms. The molecule has 0 aliphatic carbocycles. The quantitative estimate of drug-likeness (QED) is 0.710. The fourth-order valence-corrected chi connectivity index (χ4v) is 2.29. The molecule has 0 unspecified atom stereocenters. The molecule has 0 amide bonds. The molecule has 0 heterocycles. The van der Waals surface area contributed by atoms with Crippen LogP contribution in [0.2, 0.25) is 5.02 Å². The summed E-state index contributed by atoms with van der Waals surface area (Å²) in [6, 6.07) is 6.54. The average molecular weight is 387 g/mol. The van der Waals surface area contributed by atoms with E-state index < -0.39 is 28.7 Å². The van der Waals surface area contributed by atoms with Crippen molar-refractivity contribution in [2.45, 2.75) is 6.18 Å². The van der Waals surface area contributed by atoms with Gasteiger partial charge in [-0.2, -0.15) is 13.2 Å². The number of carboxylic acid groups (broad SMARTS) is 2. The maximum Gasteiger partial charge on any atom is 0.417 e. The lowest BCUT2D eigenvalue weighted by molar-refractivity contribution is -0.137. The Hall–Kier alpha value is -3.00. The highest BCUT2D eigenvalue weighted by atomic mass is 35.5. The first-order chi connectivity index (χ1) is 12.1. The zero-order chi connectivity index (χ0) is 19.5. The summed E-state index contributed by atoms with van der Waals surface area (Å²) in [6.07, 6.45) is -2.73. The Bertz CT molecular complexity index is 890. The molecule has 0 bridgehead atoms. The van der Waals surface area contributed by atoms with Crippen LogP contribution in [0.3, 0.4) is 0 Å². The van der Waals surface area contributed by atoms with Gasteiger partial charge in [0, 0.05) is 12.1 Å². The maximum atomic E-state index is 12.7. The molecule has 0 radical (unpaired) electrons. The van der Waals surface area contributed by atoms with Crippen LogP contribution in [0.5, 0.6) is 11.5 Å². The van der Waals surface area contributed by atoms with E-state index in [-0.39, 0.29) is 22.6 Å². The summed E-state index contributed by atoms with van der Waals surface area (Å²) in [5.74, 6) is -2.56.